The Balaban J connectivity index is 2.47. The summed E-state index contributed by atoms with van der Waals surface area (Å²) in [5.41, 5.74) is 0.957. The molecule has 0 saturated carbocycles. The van der Waals surface area contributed by atoms with Crippen LogP contribution in [-0.2, 0) is 5.75 Å². The summed E-state index contributed by atoms with van der Waals surface area (Å²) in [7, 11) is 0. The van der Waals surface area contributed by atoms with Crippen molar-refractivity contribution < 1.29 is 9.18 Å². The lowest BCUT2D eigenvalue weighted by molar-refractivity contribution is 0.0972. The number of ketones is 1. The van der Waals surface area contributed by atoms with E-state index in [1.54, 1.807) is 6.07 Å². The summed E-state index contributed by atoms with van der Waals surface area (Å²) in [6.07, 6.45) is 0. The molecule has 0 bridgehead atoms. The first-order valence-electron chi connectivity index (χ1n) is 5.15. The Bertz CT molecular complexity index is 445. The molecule has 1 aromatic rings. The molecule has 0 aromatic heterocycles. The predicted molar refractivity (Wildman–Crippen MR) is 65.7 cm³/mol. The minimum absolute atomic E-state index is 0.0248. The molecule has 2 rings (SSSR count). The van der Waals surface area contributed by atoms with Gasteiger partial charge in [0, 0.05) is 16.9 Å². The van der Waals surface area contributed by atoms with Crippen LogP contribution in [0.2, 0.25) is 5.02 Å². The lowest BCUT2D eigenvalue weighted by atomic mass is 9.96. The van der Waals surface area contributed by atoms with Crippen LogP contribution in [0.15, 0.2) is 12.1 Å². The molecule has 1 aliphatic heterocycles. The first-order chi connectivity index (χ1) is 7.52. The summed E-state index contributed by atoms with van der Waals surface area (Å²) in [4.78, 5) is 12.1. The second kappa shape index (κ2) is 4.38. The second-order valence-electron chi connectivity index (χ2n) is 4.23. The molecule has 0 N–H and O–H groups in total. The van der Waals surface area contributed by atoms with Gasteiger partial charge < -0.3 is 0 Å². The standard InChI is InChI=1S/C12H12ClFOS/c1-6(2)12-11(15)7-3-4-9(13)10(14)8(7)5-16-12/h3-4,6,12H,5H2,1-2H3. The number of carbonyl (C=O) groups excluding carboxylic acids is 1. The van der Waals surface area contributed by atoms with Gasteiger partial charge >= 0.3 is 0 Å². The van der Waals surface area contributed by atoms with Crippen molar-refractivity contribution in [2.24, 2.45) is 5.92 Å². The molecule has 0 saturated heterocycles. The van der Waals surface area contributed by atoms with Crippen LogP contribution in [-0.4, -0.2) is 11.0 Å². The highest BCUT2D eigenvalue weighted by Gasteiger charge is 2.32. The number of rotatable bonds is 1. The van der Waals surface area contributed by atoms with E-state index in [1.807, 2.05) is 13.8 Å². The zero-order valence-corrected chi connectivity index (χ0v) is 10.7. The minimum atomic E-state index is -0.442. The number of hydrogen-bond donors (Lipinski definition) is 0. The Hall–Kier alpha value is -0.540. The second-order valence-corrected chi connectivity index (χ2v) is 5.76. The molecule has 0 amide bonds. The van der Waals surface area contributed by atoms with Crippen LogP contribution in [0.25, 0.3) is 0 Å². The van der Waals surface area contributed by atoms with Crippen molar-refractivity contribution in [3.05, 3.63) is 34.1 Å². The highest BCUT2D eigenvalue weighted by atomic mass is 35.5. The Labute approximate surface area is 103 Å². The van der Waals surface area contributed by atoms with E-state index >= 15 is 0 Å². The Morgan fingerprint density at radius 3 is 2.81 bits per heavy atom. The van der Waals surface area contributed by atoms with Crippen molar-refractivity contribution in [3.8, 4) is 0 Å². The normalized spacial score (nSPS) is 20.1. The summed E-state index contributed by atoms with van der Waals surface area (Å²) < 4.78 is 13.7. The molecule has 0 radical (unpaired) electrons. The lowest BCUT2D eigenvalue weighted by Gasteiger charge is -2.26. The fraction of sp³-hybridized carbons (Fsp3) is 0.417. The summed E-state index contributed by atoms with van der Waals surface area (Å²) >= 11 is 7.19. The monoisotopic (exact) mass is 258 g/mol. The van der Waals surface area contributed by atoms with Crippen LogP contribution in [0, 0.1) is 11.7 Å². The van der Waals surface area contributed by atoms with E-state index < -0.39 is 5.82 Å². The fourth-order valence-electron chi connectivity index (χ4n) is 1.86. The Kier molecular flexibility index (Phi) is 3.27. The molecular weight excluding hydrogens is 247 g/mol. The number of carbonyl (C=O) groups is 1. The summed E-state index contributed by atoms with van der Waals surface area (Å²) in [5, 5.41) is 0.0308. The topological polar surface area (TPSA) is 17.1 Å². The van der Waals surface area contributed by atoms with Gasteiger partial charge in [-0.1, -0.05) is 25.4 Å². The van der Waals surface area contributed by atoms with E-state index in [4.69, 9.17) is 11.6 Å². The van der Waals surface area contributed by atoms with Crippen LogP contribution in [0.1, 0.15) is 29.8 Å². The molecule has 1 unspecified atom stereocenters. The van der Waals surface area contributed by atoms with Gasteiger partial charge in [-0.25, -0.2) is 4.39 Å². The third kappa shape index (κ3) is 1.87. The van der Waals surface area contributed by atoms with Gasteiger partial charge in [0.15, 0.2) is 5.78 Å². The molecule has 1 aliphatic rings. The van der Waals surface area contributed by atoms with Crippen LogP contribution in [0.5, 0.6) is 0 Å². The van der Waals surface area contributed by atoms with Crippen LogP contribution in [0.3, 0.4) is 0 Å². The zero-order chi connectivity index (χ0) is 11.9. The molecule has 0 fully saturated rings. The van der Waals surface area contributed by atoms with Gasteiger partial charge in [0.25, 0.3) is 0 Å². The van der Waals surface area contributed by atoms with Gasteiger partial charge in [-0.3, -0.25) is 4.79 Å². The van der Waals surface area contributed by atoms with E-state index in [2.05, 4.69) is 0 Å². The smallest absolute Gasteiger partial charge is 0.176 e. The highest BCUT2D eigenvalue weighted by Crippen LogP contribution is 2.36. The van der Waals surface area contributed by atoms with Crippen molar-refractivity contribution in [2.75, 3.05) is 0 Å². The number of Topliss-reactive ketones (excluding diaryl/α,β-unsaturated/α-hetero) is 1. The molecule has 1 atom stereocenters. The average Bonchev–Trinajstić information content (AvgIpc) is 2.23. The van der Waals surface area contributed by atoms with Gasteiger partial charge in [-0.15, -0.1) is 11.8 Å². The SMILES string of the molecule is CC(C)C1SCc2c(ccc(Cl)c2F)C1=O. The lowest BCUT2D eigenvalue weighted by Crippen LogP contribution is -2.28. The number of benzene rings is 1. The van der Waals surface area contributed by atoms with E-state index in [1.165, 1.54) is 17.8 Å². The fourth-order valence-corrected chi connectivity index (χ4v) is 3.33. The summed E-state index contributed by atoms with van der Waals surface area (Å²) in [6.45, 7) is 4.01. The van der Waals surface area contributed by atoms with Crippen molar-refractivity contribution in [3.63, 3.8) is 0 Å². The van der Waals surface area contributed by atoms with Gasteiger partial charge in [0.1, 0.15) is 5.82 Å². The van der Waals surface area contributed by atoms with E-state index in [0.717, 1.165) is 0 Å². The van der Waals surface area contributed by atoms with Gasteiger partial charge in [0.2, 0.25) is 0 Å². The quantitative estimate of drug-likeness (QED) is 0.759. The molecule has 4 heteroatoms. The molecule has 86 valence electrons. The minimum Gasteiger partial charge on any atom is -0.293 e. The van der Waals surface area contributed by atoms with Crippen molar-refractivity contribution in [1.82, 2.24) is 0 Å². The Morgan fingerprint density at radius 2 is 2.19 bits per heavy atom. The number of hydrogen-bond acceptors (Lipinski definition) is 2. The van der Waals surface area contributed by atoms with Crippen molar-refractivity contribution >= 4 is 29.1 Å². The summed E-state index contributed by atoms with van der Waals surface area (Å²) in [5.74, 6) is 0.375. The maximum absolute atomic E-state index is 13.7. The predicted octanol–water partition coefficient (Wildman–Crippen LogP) is 3.93. The van der Waals surface area contributed by atoms with Crippen molar-refractivity contribution in [2.45, 2.75) is 24.9 Å². The molecule has 1 aromatic carbocycles. The highest BCUT2D eigenvalue weighted by molar-refractivity contribution is 8.00. The molecule has 16 heavy (non-hydrogen) atoms. The van der Waals surface area contributed by atoms with Crippen LogP contribution >= 0.6 is 23.4 Å². The number of halogens is 2. The average molecular weight is 259 g/mol. The Morgan fingerprint density at radius 1 is 1.50 bits per heavy atom. The first-order valence-corrected chi connectivity index (χ1v) is 6.57. The van der Waals surface area contributed by atoms with Gasteiger partial charge in [-0.2, -0.15) is 0 Å². The van der Waals surface area contributed by atoms with E-state index in [-0.39, 0.29) is 22.0 Å². The van der Waals surface area contributed by atoms with Gasteiger partial charge in [-0.05, 0) is 18.1 Å². The molecule has 0 aliphatic carbocycles. The van der Waals surface area contributed by atoms with E-state index in [0.29, 0.717) is 16.9 Å². The molecule has 1 heterocycles. The maximum atomic E-state index is 13.7. The summed E-state index contributed by atoms with van der Waals surface area (Å²) in [6, 6.07) is 3.10. The van der Waals surface area contributed by atoms with E-state index in [9.17, 15) is 9.18 Å². The van der Waals surface area contributed by atoms with Crippen LogP contribution in [0.4, 0.5) is 4.39 Å². The molecule has 0 spiro atoms. The first kappa shape index (κ1) is 11.9. The van der Waals surface area contributed by atoms with Crippen LogP contribution < -0.4 is 0 Å². The molecule has 1 nitrogen and oxygen atoms in total. The zero-order valence-electron chi connectivity index (χ0n) is 9.09. The number of fused-ring (bicyclic) bond motifs is 1. The third-order valence-corrected chi connectivity index (χ3v) is 4.60. The largest absolute Gasteiger partial charge is 0.293 e. The van der Waals surface area contributed by atoms with Crippen molar-refractivity contribution in [1.29, 1.82) is 0 Å². The molecular formula is C12H12ClFOS. The maximum Gasteiger partial charge on any atom is 0.176 e. The van der Waals surface area contributed by atoms with Gasteiger partial charge in [0.05, 0.1) is 10.3 Å². The third-order valence-electron chi connectivity index (χ3n) is 2.73. The number of thioether (sulfide) groups is 1.